The molecule has 0 radical (unpaired) electrons. The molecule has 118 valence electrons. The molecular weight excluding hydrogens is 287 g/mol. The summed E-state index contributed by atoms with van der Waals surface area (Å²) >= 11 is 0. The van der Waals surface area contributed by atoms with Gasteiger partial charge in [0.05, 0.1) is 30.6 Å². The monoisotopic (exact) mass is 306 g/mol. The number of nitrogens with zero attached hydrogens (tertiary/aromatic N) is 3. The van der Waals surface area contributed by atoms with Gasteiger partial charge in [-0.2, -0.15) is 5.10 Å². The second kappa shape index (κ2) is 7.04. The van der Waals surface area contributed by atoms with Gasteiger partial charge in [0, 0.05) is 13.2 Å². The van der Waals surface area contributed by atoms with Gasteiger partial charge in [0.15, 0.2) is 0 Å². The molecule has 2 rings (SSSR count). The predicted octanol–water partition coefficient (Wildman–Crippen LogP) is 1.53. The molecule has 2 N–H and O–H groups in total. The molecule has 0 aliphatic carbocycles. The van der Waals surface area contributed by atoms with Gasteiger partial charge in [-0.05, 0) is 37.3 Å². The number of amides is 2. The van der Waals surface area contributed by atoms with Crippen LogP contribution < -0.4 is 5.32 Å². The van der Waals surface area contributed by atoms with Crippen LogP contribution in [0.15, 0.2) is 36.5 Å². The zero-order chi connectivity index (χ0) is 16.1. The number of benzene rings is 1. The molecule has 7 heteroatoms. The Hall–Kier alpha value is -2.41. The zero-order valence-electron chi connectivity index (χ0n) is 12.5. The number of carbonyl (C=O) groups is 1. The zero-order valence-corrected chi connectivity index (χ0v) is 12.5. The maximum absolute atomic E-state index is 12.9. The van der Waals surface area contributed by atoms with Crippen molar-refractivity contribution in [3.05, 3.63) is 48.0 Å². The number of rotatable bonds is 5. The number of urea groups is 1. The highest BCUT2D eigenvalue weighted by molar-refractivity contribution is 5.74. The van der Waals surface area contributed by atoms with Gasteiger partial charge in [0.1, 0.15) is 5.82 Å². The molecule has 0 saturated carbocycles. The normalized spacial score (nSPS) is 12.0. The molecule has 0 aliphatic rings. The standard InChI is InChI=1S/C15H19FN4O2/c1-11(10-21)19(2)15(22)17-9-13-7-8-20(18-13)14-5-3-12(16)4-6-14/h3-8,11,21H,9-10H2,1-2H3,(H,17,22). The van der Waals surface area contributed by atoms with E-state index in [0.29, 0.717) is 5.69 Å². The van der Waals surface area contributed by atoms with Crippen LogP contribution in [-0.4, -0.2) is 45.5 Å². The Morgan fingerprint density at radius 3 is 2.73 bits per heavy atom. The number of nitrogens with one attached hydrogen (secondary N) is 1. The molecule has 0 saturated heterocycles. The first-order chi connectivity index (χ1) is 10.5. The van der Waals surface area contributed by atoms with Gasteiger partial charge in [-0.15, -0.1) is 0 Å². The first-order valence-electron chi connectivity index (χ1n) is 6.93. The number of aliphatic hydroxyl groups is 1. The molecule has 0 aliphatic heterocycles. The average Bonchev–Trinajstić information content (AvgIpc) is 3.00. The van der Waals surface area contributed by atoms with Crippen molar-refractivity contribution in [2.24, 2.45) is 0 Å². The summed E-state index contributed by atoms with van der Waals surface area (Å²) in [6, 6.07) is 7.23. The number of halogens is 1. The Bertz CT molecular complexity index is 627. The summed E-state index contributed by atoms with van der Waals surface area (Å²) in [5, 5.41) is 16.1. The third-order valence-corrected chi connectivity index (χ3v) is 3.40. The molecule has 6 nitrogen and oxygen atoms in total. The average molecular weight is 306 g/mol. The molecule has 1 unspecified atom stereocenters. The highest BCUT2D eigenvalue weighted by atomic mass is 19.1. The van der Waals surface area contributed by atoms with Crippen LogP contribution in [0.2, 0.25) is 0 Å². The van der Waals surface area contributed by atoms with Crippen LogP contribution in [0.3, 0.4) is 0 Å². The van der Waals surface area contributed by atoms with E-state index in [1.165, 1.54) is 17.0 Å². The third-order valence-electron chi connectivity index (χ3n) is 3.40. The lowest BCUT2D eigenvalue weighted by atomic mass is 10.3. The number of aliphatic hydroxyl groups excluding tert-OH is 1. The lowest BCUT2D eigenvalue weighted by Gasteiger charge is -2.23. The van der Waals surface area contributed by atoms with E-state index in [9.17, 15) is 9.18 Å². The van der Waals surface area contributed by atoms with Crippen LogP contribution in [-0.2, 0) is 6.54 Å². The fraction of sp³-hybridized carbons (Fsp3) is 0.333. The van der Waals surface area contributed by atoms with Crippen molar-refractivity contribution in [3.8, 4) is 5.69 Å². The highest BCUT2D eigenvalue weighted by Gasteiger charge is 2.14. The fourth-order valence-electron chi connectivity index (χ4n) is 1.81. The summed E-state index contributed by atoms with van der Waals surface area (Å²) in [5.74, 6) is -0.301. The minimum atomic E-state index is -0.301. The molecule has 1 aromatic carbocycles. The van der Waals surface area contributed by atoms with Gasteiger partial charge >= 0.3 is 6.03 Å². The second-order valence-electron chi connectivity index (χ2n) is 5.03. The van der Waals surface area contributed by atoms with Crippen molar-refractivity contribution < 1.29 is 14.3 Å². The van der Waals surface area contributed by atoms with Crippen LogP contribution in [0.5, 0.6) is 0 Å². The lowest BCUT2D eigenvalue weighted by Crippen LogP contribution is -2.43. The van der Waals surface area contributed by atoms with Gasteiger partial charge < -0.3 is 15.3 Å². The quantitative estimate of drug-likeness (QED) is 0.880. The van der Waals surface area contributed by atoms with Gasteiger partial charge in [0.25, 0.3) is 0 Å². The minimum absolute atomic E-state index is 0.0941. The summed E-state index contributed by atoms with van der Waals surface area (Å²) in [6.45, 7) is 1.93. The Morgan fingerprint density at radius 2 is 2.09 bits per heavy atom. The van der Waals surface area contributed by atoms with E-state index in [-0.39, 0.29) is 31.0 Å². The molecule has 2 aromatic rings. The van der Waals surface area contributed by atoms with E-state index in [2.05, 4.69) is 10.4 Å². The Labute approximate surface area is 128 Å². The van der Waals surface area contributed by atoms with Gasteiger partial charge in [-0.1, -0.05) is 0 Å². The topological polar surface area (TPSA) is 70.4 Å². The summed E-state index contributed by atoms with van der Waals surface area (Å²) in [5.41, 5.74) is 1.42. The molecule has 1 aromatic heterocycles. The molecule has 0 bridgehead atoms. The predicted molar refractivity (Wildman–Crippen MR) is 80.1 cm³/mol. The van der Waals surface area contributed by atoms with Crippen molar-refractivity contribution in [2.75, 3.05) is 13.7 Å². The first-order valence-corrected chi connectivity index (χ1v) is 6.93. The van der Waals surface area contributed by atoms with E-state index in [1.54, 1.807) is 43.0 Å². The molecule has 22 heavy (non-hydrogen) atoms. The van der Waals surface area contributed by atoms with Gasteiger partial charge in [-0.25, -0.2) is 13.9 Å². The third kappa shape index (κ3) is 3.82. The first kappa shape index (κ1) is 16.0. The van der Waals surface area contributed by atoms with Crippen molar-refractivity contribution >= 4 is 6.03 Å². The largest absolute Gasteiger partial charge is 0.394 e. The summed E-state index contributed by atoms with van der Waals surface area (Å²) in [6.07, 6.45) is 1.74. The number of hydrogen-bond acceptors (Lipinski definition) is 3. The van der Waals surface area contributed by atoms with Crippen molar-refractivity contribution in [3.63, 3.8) is 0 Å². The number of aromatic nitrogens is 2. The fourth-order valence-corrected chi connectivity index (χ4v) is 1.81. The molecule has 0 fully saturated rings. The Kier molecular flexibility index (Phi) is 5.11. The summed E-state index contributed by atoms with van der Waals surface area (Å²) in [4.78, 5) is 13.3. The number of carbonyl (C=O) groups excluding carboxylic acids is 1. The Morgan fingerprint density at radius 1 is 1.41 bits per heavy atom. The molecule has 2 amide bonds. The van der Waals surface area contributed by atoms with E-state index >= 15 is 0 Å². The molecule has 0 spiro atoms. The Balaban J connectivity index is 1.95. The summed E-state index contributed by atoms with van der Waals surface area (Å²) < 4.78 is 14.5. The lowest BCUT2D eigenvalue weighted by molar-refractivity contribution is 0.157. The van der Waals surface area contributed by atoms with Crippen LogP contribution >= 0.6 is 0 Å². The smallest absolute Gasteiger partial charge is 0.317 e. The maximum atomic E-state index is 12.9. The van der Waals surface area contributed by atoms with E-state index in [0.717, 1.165) is 5.69 Å². The second-order valence-corrected chi connectivity index (χ2v) is 5.03. The maximum Gasteiger partial charge on any atom is 0.317 e. The molecule has 1 heterocycles. The van der Waals surface area contributed by atoms with Gasteiger partial charge in [-0.3, -0.25) is 0 Å². The highest BCUT2D eigenvalue weighted by Crippen LogP contribution is 2.09. The van der Waals surface area contributed by atoms with E-state index in [4.69, 9.17) is 5.11 Å². The number of likely N-dealkylation sites (N-methyl/N-ethyl adjacent to an activating group) is 1. The van der Waals surface area contributed by atoms with Crippen LogP contribution in [0.1, 0.15) is 12.6 Å². The summed E-state index contributed by atoms with van der Waals surface area (Å²) in [7, 11) is 1.62. The minimum Gasteiger partial charge on any atom is -0.394 e. The molecular formula is C15H19FN4O2. The van der Waals surface area contributed by atoms with Crippen molar-refractivity contribution in [2.45, 2.75) is 19.5 Å². The van der Waals surface area contributed by atoms with E-state index < -0.39 is 0 Å². The van der Waals surface area contributed by atoms with E-state index in [1.807, 2.05) is 0 Å². The molecule has 1 atom stereocenters. The van der Waals surface area contributed by atoms with Crippen molar-refractivity contribution in [1.82, 2.24) is 20.0 Å². The van der Waals surface area contributed by atoms with Crippen LogP contribution in [0, 0.1) is 5.82 Å². The van der Waals surface area contributed by atoms with Crippen molar-refractivity contribution in [1.29, 1.82) is 0 Å². The van der Waals surface area contributed by atoms with Crippen LogP contribution in [0.25, 0.3) is 5.69 Å². The SMILES string of the molecule is CC(CO)N(C)C(=O)NCc1ccn(-c2ccc(F)cc2)n1. The number of hydrogen-bond donors (Lipinski definition) is 2. The van der Waals surface area contributed by atoms with Crippen LogP contribution in [0.4, 0.5) is 9.18 Å². The van der Waals surface area contributed by atoms with Gasteiger partial charge in [0.2, 0.25) is 0 Å².